The van der Waals surface area contributed by atoms with Crippen LogP contribution in [0, 0.1) is 29.6 Å². The van der Waals surface area contributed by atoms with Crippen LogP contribution in [0.25, 0.3) is 0 Å². The van der Waals surface area contributed by atoms with Gasteiger partial charge in [-0.3, -0.25) is 0 Å². The molecule has 5 atom stereocenters. The Morgan fingerprint density at radius 1 is 0.941 bits per heavy atom. The molecule has 1 aliphatic carbocycles. The van der Waals surface area contributed by atoms with Crippen LogP contribution in [0.5, 0.6) is 0 Å². The number of rotatable bonds is 8. The van der Waals surface area contributed by atoms with Crippen LogP contribution in [0.4, 0.5) is 0 Å². The van der Waals surface area contributed by atoms with Crippen LogP contribution < -0.4 is 0 Å². The van der Waals surface area contributed by atoms with Gasteiger partial charge >= 0.3 is 0 Å². The quantitative estimate of drug-likeness (QED) is 0.493. The third-order valence-electron chi connectivity index (χ3n) is 5.52. The molecule has 0 aromatic rings. The molecule has 1 fully saturated rings. The van der Waals surface area contributed by atoms with Crippen LogP contribution in [-0.4, -0.2) is 0 Å². The Bertz CT molecular complexity index is 194. The van der Waals surface area contributed by atoms with Crippen molar-refractivity contribution in [2.75, 3.05) is 0 Å². The van der Waals surface area contributed by atoms with Gasteiger partial charge in [-0.25, -0.2) is 0 Å². The highest BCUT2D eigenvalue weighted by molar-refractivity contribution is 4.80. The SMILES string of the molecule is CCC(C)C(C)CC(C)CCC1CCC1CC. The first kappa shape index (κ1) is 15.1. The molecule has 17 heavy (non-hydrogen) atoms. The van der Waals surface area contributed by atoms with Gasteiger partial charge in [0, 0.05) is 0 Å². The van der Waals surface area contributed by atoms with Gasteiger partial charge < -0.3 is 0 Å². The second kappa shape index (κ2) is 7.44. The molecule has 0 aliphatic heterocycles. The van der Waals surface area contributed by atoms with Crippen molar-refractivity contribution in [2.24, 2.45) is 29.6 Å². The van der Waals surface area contributed by atoms with E-state index >= 15 is 0 Å². The lowest BCUT2D eigenvalue weighted by molar-refractivity contribution is 0.145. The summed E-state index contributed by atoms with van der Waals surface area (Å²) in [6, 6.07) is 0. The van der Waals surface area contributed by atoms with Crippen LogP contribution in [0.3, 0.4) is 0 Å². The maximum Gasteiger partial charge on any atom is -0.0386 e. The molecule has 0 heteroatoms. The molecule has 0 aromatic heterocycles. The van der Waals surface area contributed by atoms with Crippen LogP contribution in [0.1, 0.15) is 79.6 Å². The minimum atomic E-state index is 0.907. The Kier molecular flexibility index (Phi) is 6.59. The molecule has 0 saturated heterocycles. The van der Waals surface area contributed by atoms with Crippen molar-refractivity contribution in [3.8, 4) is 0 Å². The highest BCUT2D eigenvalue weighted by atomic mass is 14.3. The zero-order chi connectivity index (χ0) is 12.8. The van der Waals surface area contributed by atoms with Crippen LogP contribution in [0.2, 0.25) is 0 Å². The molecule has 1 aliphatic rings. The lowest BCUT2D eigenvalue weighted by Gasteiger charge is -2.37. The van der Waals surface area contributed by atoms with E-state index in [9.17, 15) is 0 Å². The van der Waals surface area contributed by atoms with E-state index in [0.717, 1.165) is 29.6 Å². The van der Waals surface area contributed by atoms with E-state index in [-0.39, 0.29) is 0 Å². The third-order valence-corrected chi connectivity index (χ3v) is 5.52. The Balaban J connectivity index is 2.14. The molecule has 1 rings (SSSR count). The first-order chi connectivity index (χ1) is 8.08. The summed E-state index contributed by atoms with van der Waals surface area (Å²) in [5.74, 6) is 4.93. The summed E-state index contributed by atoms with van der Waals surface area (Å²) < 4.78 is 0. The smallest absolute Gasteiger partial charge is 0.0386 e. The molecule has 0 amide bonds. The summed E-state index contributed by atoms with van der Waals surface area (Å²) in [4.78, 5) is 0. The second-order valence-corrected chi connectivity index (χ2v) is 6.79. The summed E-state index contributed by atoms with van der Waals surface area (Å²) in [6.07, 6.45) is 10.2. The highest BCUT2D eigenvalue weighted by Gasteiger charge is 2.29. The van der Waals surface area contributed by atoms with E-state index in [4.69, 9.17) is 0 Å². The zero-order valence-electron chi connectivity index (χ0n) is 12.8. The summed E-state index contributed by atoms with van der Waals surface area (Å²) in [7, 11) is 0. The monoisotopic (exact) mass is 238 g/mol. The predicted molar refractivity (Wildman–Crippen MR) is 78.1 cm³/mol. The van der Waals surface area contributed by atoms with E-state index < -0.39 is 0 Å². The maximum atomic E-state index is 2.47. The molecule has 0 aromatic carbocycles. The topological polar surface area (TPSA) is 0 Å². The van der Waals surface area contributed by atoms with Crippen LogP contribution in [0.15, 0.2) is 0 Å². The average Bonchev–Trinajstić information content (AvgIpc) is 2.27. The van der Waals surface area contributed by atoms with Crippen molar-refractivity contribution in [3.63, 3.8) is 0 Å². The molecule has 0 spiro atoms. The Morgan fingerprint density at radius 3 is 2.06 bits per heavy atom. The van der Waals surface area contributed by atoms with Gasteiger partial charge in [0.1, 0.15) is 0 Å². The van der Waals surface area contributed by atoms with Crippen molar-refractivity contribution < 1.29 is 0 Å². The van der Waals surface area contributed by atoms with E-state index in [1.807, 2.05) is 0 Å². The molecular formula is C17H34. The molecule has 0 bridgehead atoms. The minimum Gasteiger partial charge on any atom is -0.0651 e. The van der Waals surface area contributed by atoms with Gasteiger partial charge in [0.2, 0.25) is 0 Å². The fraction of sp³-hybridized carbons (Fsp3) is 1.00. The van der Waals surface area contributed by atoms with E-state index in [0.29, 0.717) is 0 Å². The average molecular weight is 238 g/mol. The van der Waals surface area contributed by atoms with Gasteiger partial charge in [0.15, 0.2) is 0 Å². The largest absolute Gasteiger partial charge is 0.0651 e. The zero-order valence-corrected chi connectivity index (χ0v) is 12.8. The number of hydrogen-bond acceptors (Lipinski definition) is 0. The predicted octanol–water partition coefficient (Wildman–Crippen LogP) is 5.91. The molecule has 0 radical (unpaired) electrons. The van der Waals surface area contributed by atoms with E-state index in [1.165, 1.54) is 44.9 Å². The molecule has 102 valence electrons. The van der Waals surface area contributed by atoms with Crippen molar-refractivity contribution in [2.45, 2.75) is 79.6 Å². The summed E-state index contributed by atoms with van der Waals surface area (Å²) in [5, 5.41) is 0. The summed E-state index contributed by atoms with van der Waals surface area (Å²) >= 11 is 0. The second-order valence-electron chi connectivity index (χ2n) is 6.79. The first-order valence-electron chi connectivity index (χ1n) is 8.08. The third kappa shape index (κ3) is 4.64. The van der Waals surface area contributed by atoms with Crippen molar-refractivity contribution in [3.05, 3.63) is 0 Å². The van der Waals surface area contributed by atoms with Crippen molar-refractivity contribution in [1.82, 2.24) is 0 Å². The number of hydrogen-bond donors (Lipinski definition) is 0. The van der Waals surface area contributed by atoms with Crippen LogP contribution in [-0.2, 0) is 0 Å². The highest BCUT2D eigenvalue weighted by Crippen LogP contribution is 2.40. The van der Waals surface area contributed by atoms with Gasteiger partial charge in [-0.2, -0.15) is 0 Å². The van der Waals surface area contributed by atoms with Crippen LogP contribution >= 0.6 is 0 Å². The van der Waals surface area contributed by atoms with Gasteiger partial charge in [-0.05, 0) is 55.3 Å². The lowest BCUT2D eigenvalue weighted by Crippen LogP contribution is -2.25. The molecule has 0 heterocycles. The van der Waals surface area contributed by atoms with Gasteiger partial charge in [-0.15, -0.1) is 0 Å². The van der Waals surface area contributed by atoms with Crippen molar-refractivity contribution in [1.29, 1.82) is 0 Å². The van der Waals surface area contributed by atoms with E-state index in [2.05, 4.69) is 34.6 Å². The Morgan fingerprint density at radius 2 is 1.59 bits per heavy atom. The molecule has 5 unspecified atom stereocenters. The van der Waals surface area contributed by atoms with Gasteiger partial charge in [-0.1, -0.05) is 53.9 Å². The molecular weight excluding hydrogens is 204 g/mol. The normalized spacial score (nSPS) is 29.5. The summed E-state index contributed by atoms with van der Waals surface area (Å²) in [5.41, 5.74) is 0. The van der Waals surface area contributed by atoms with Gasteiger partial charge in [0.25, 0.3) is 0 Å². The molecule has 0 nitrogen and oxygen atoms in total. The summed E-state index contributed by atoms with van der Waals surface area (Å²) in [6.45, 7) is 12.0. The van der Waals surface area contributed by atoms with Crippen molar-refractivity contribution >= 4 is 0 Å². The standard InChI is InChI=1S/C17H34/c1-6-14(4)15(5)12-13(3)8-9-17-11-10-16(17)7-2/h13-17H,6-12H2,1-5H3. The van der Waals surface area contributed by atoms with Gasteiger partial charge in [0.05, 0.1) is 0 Å². The Hall–Kier alpha value is 0. The maximum absolute atomic E-state index is 2.47. The van der Waals surface area contributed by atoms with E-state index in [1.54, 1.807) is 0 Å². The first-order valence-corrected chi connectivity index (χ1v) is 8.08. The fourth-order valence-electron chi connectivity index (χ4n) is 3.44. The lowest BCUT2D eigenvalue weighted by atomic mass is 9.69. The Labute approximate surface area is 110 Å². The molecule has 0 N–H and O–H groups in total. The molecule has 1 saturated carbocycles. The minimum absolute atomic E-state index is 0.907. The fourth-order valence-corrected chi connectivity index (χ4v) is 3.44.